The van der Waals surface area contributed by atoms with Crippen molar-refractivity contribution in [2.45, 2.75) is 97.1 Å². The maximum absolute atomic E-state index is 15.0. The largest absolute Gasteiger partial charge is 0.493 e. The van der Waals surface area contributed by atoms with E-state index in [0.29, 0.717) is 17.7 Å². The molecular formula is C30H43FN2O4. The lowest BCUT2D eigenvalue weighted by Gasteiger charge is -2.39. The van der Waals surface area contributed by atoms with Gasteiger partial charge >= 0.3 is 0 Å². The van der Waals surface area contributed by atoms with Crippen molar-refractivity contribution < 1.29 is 23.5 Å². The second kappa shape index (κ2) is 10.1. The molecule has 1 aromatic rings. The zero-order chi connectivity index (χ0) is 26.4. The SMILES string of the molecule is COc1c(F)cc(OC2CCC(C)(C)CC2)cc1C(=O)N[C@@H]1[C@H]2CC[C@H](C2)[C@@H]1C(=O)NCC1(C)CCC1. The highest BCUT2D eigenvalue weighted by Crippen LogP contribution is 2.49. The summed E-state index contributed by atoms with van der Waals surface area (Å²) < 4.78 is 26.5. The van der Waals surface area contributed by atoms with Crippen molar-refractivity contribution in [3.63, 3.8) is 0 Å². The Morgan fingerprint density at radius 1 is 1.03 bits per heavy atom. The molecule has 1 aromatic carbocycles. The summed E-state index contributed by atoms with van der Waals surface area (Å²) in [4.78, 5) is 26.8. The summed E-state index contributed by atoms with van der Waals surface area (Å²) in [7, 11) is 1.37. The molecule has 204 valence electrons. The molecule has 7 heteroatoms. The summed E-state index contributed by atoms with van der Waals surface area (Å²) in [6.07, 6.45) is 10.4. The normalized spacial score (nSPS) is 29.9. The second-order valence-electron chi connectivity index (χ2n) is 13.2. The lowest BCUT2D eigenvalue weighted by molar-refractivity contribution is -0.128. The molecule has 0 aliphatic heterocycles. The first-order valence-corrected chi connectivity index (χ1v) is 14.2. The molecule has 5 rings (SSSR count). The summed E-state index contributed by atoms with van der Waals surface area (Å²) in [5, 5.41) is 6.32. The Morgan fingerprint density at radius 3 is 2.38 bits per heavy atom. The summed E-state index contributed by atoms with van der Waals surface area (Å²) in [6.45, 7) is 7.43. The first-order chi connectivity index (χ1) is 17.6. The minimum absolute atomic E-state index is 0.00732. The summed E-state index contributed by atoms with van der Waals surface area (Å²) >= 11 is 0. The van der Waals surface area contributed by atoms with E-state index in [1.54, 1.807) is 6.07 Å². The highest BCUT2D eigenvalue weighted by atomic mass is 19.1. The van der Waals surface area contributed by atoms with E-state index in [1.807, 2.05) is 0 Å². The molecule has 0 aromatic heterocycles. The molecule has 37 heavy (non-hydrogen) atoms. The lowest BCUT2D eigenvalue weighted by atomic mass is 9.70. The average molecular weight is 515 g/mol. The molecule has 4 atom stereocenters. The average Bonchev–Trinajstić information content (AvgIpc) is 3.44. The molecule has 0 heterocycles. The number of methoxy groups -OCH3 is 1. The van der Waals surface area contributed by atoms with Gasteiger partial charge in [0.25, 0.3) is 5.91 Å². The van der Waals surface area contributed by atoms with Crippen LogP contribution >= 0.6 is 0 Å². The van der Waals surface area contributed by atoms with Crippen molar-refractivity contribution in [3.8, 4) is 11.5 Å². The van der Waals surface area contributed by atoms with Crippen LogP contribution in [-0.2, 0) is 4.79 Å². The third-order valence-corrected chi connectivity index (χ3v) is 9.82. The maximum Gasteiger partial charge on any atom is 0.255 e. The number of fused-ring (bicyclic) bond motifs is 2. The third kappa shape index (κ3) is 5.46. The van der Waals surface area contributed by atoms with E-state index >= 15 is 4.39 Å². The Bertz CT molecular complexity index is 1030. The standard InChI is InChI=1S/C30H43FN2O4/c1-29(2)12-8-20(9-13-29)37-21-15-22(26(36-4)23(31)16-21)27(34)33-25-19-7-6-18(14-19)24(25)28(35)32-17-30(3)10-5-11-30/h15-16,18-20,24-25H,5-14,17H2,1-4H3,(H,32,35)(H,33,34)/t18-,19+,24+,25-/m1/s1. The van der Waals surface area contributed by atoms with E-state index < -0.39 is 11.7 Å². The number of carbonyl (C=O) groups is 2. The molecule has 0 radical (unpaired) electrons. The van der Waals surface area contributed by atoms with Crippen molar-refractivity contribution >= 4 is 11.8 Å². The Balaban J connectivity index is 1.29. The topological polar surface area (TPSA) is 76.7 Å². The van der Waals surface area contributed by atoms with E-state index in [2.05, 4.69) is 31.4 Å². The summed E-state index contributed by atoms with van der Waals surface area (Å²) in [6, 6.07) is 2.65. The van der Waals surface area contributed by atoms with Crippen molar-refractivity contribution in [1.29, 1.82) is 0 Å². The quantitative estimate of drug-likeness (QED) is 0.471. The van der Waals surface area contributed by atoms with Crippen LogP contribution in [0.5, 0.6) is 11.5 Å². The van der Waals surface area contributed by atoms with Gasteiger partial charge in [-0.15, -0.1) is 0 Å². The van der Waals surface area contributed by atoms with Gasteiger partial charge in [0.1, 0.15) is 5.75 Å². The number of hydrogen-bond acceptors (Lipinski definition) is 4. The van der Waals surface area contributed by atoms with Crippen molar-refractivity contribution in [2.24, 2.45) is 28.6 Å². The lowest BCUT2D eigenvalue weighted by Crippen LogP contribution is -2.51. The Kier molecular flexibility index (Phi) is 7.18. The van der Waals surface area contributed by atoms with Crippen LogP contribution in [0.2, 0.25) is 0 Å². The molecule has 0 unspecified atom stereocenters. The smallest absolute Gasteiger partial charge is 0.255 e. The minimum atomic E-state index is -0.614. The van der Waals surface area contributed by atoms with Crippen molar-refractivity contribution in [1.82, 2.24) is 10.6 Å². The number of ether oxygens (including phenoxy) is 2. The predicted octanol–water partition coefficient (Wildman–Crippen LogP) is 5.63. The molecule has 4 aliphatic rings. The molecule has 4 saturated carbocycles. The molecule has 0 spiro atoms. The van der Waals surface area contributed by atoms with Crippen LogP contribution < -0.4 is 20.1 Å². The molecule has 2 amide bonds. The van der Waals surface area contributed by atoms with Crippen molar-refractivity contribution in [3.05, 3.63) is 23.5 Å². The Hall–Kier alpha value is -2.31. The van der Waals surface area contributed by atoms with Crippen LogP contribution in [0.4, 0.5) is 4.39 Å². The fourth-order valence-electron chi connectivity index (χ4n) is 7.18. The van der Waals surface area contributed by atoms with Crippen LogP contribution in [0.15, 0.2) is 12.1 Å². The minimum Gasteiger partial charge on any atom is -0.493 e. The van der Waals surface area contributed by atoms with Crippen LogP contribution in [-0.4, -0.2) is 37.6 Å². The molecule has 2 N–H and O–H groups in total. The van der Waals surface area contributed by atoms with E-state index in [-0.39, 0.29) is 52.5 Å². The first kappa shape index (κ1) is 26.3. The van der Waals surface area contributed by atoms with E-state index in [9.17, 15) is 9.59 Å². The number of amides is 2. The summed E-state index contributed by atoms with van der Waals surface area (Å²) in [5.74, 6) is -0.406. The zero-order valence-electron chi connectivity index (χ0n) is 22.8. The van der Waals surface area contributed by atoms with Crippen LogP contribution in [0.3, 0.4) is 0 Å². The van der Waals surface area contributed by atoms with Gasteiger partial charge in [0, 0.05) is 18.7 Å². The molecule has 0 saturated heterocycles. The van der Waals surface area contributed by atoms with Gasteiger partial charge in [-0.2, -0.15) is 0 Å². The van der Waals surface area contributed by atoms with Gasteiger partial charge in [-0.1, -0.05) is 27.2 Å². The van der Waals surface area contributed by atoms with Gasteiger partial charge < -0.3 is 20.1 Å². The highest BCUT2D eigenvalue weighted by Gasteiger charge is 2.51. The molecule has 6 nitrogen and oxygen atoms in total. The fourth-order valence-corrected chi connectivity index (χ4v) is 7.18. The number of nitrogens with one attached hydrogen (secondary N) is 2. The van der Waals surface area contributed by atoms with Crippen LogP contribution in [0.1, 0.15) is 95.3 Å². The van der Waals surface area contributed by atoms with Gasteiger partial charge in [-0.3, -0.25) is 9.59 Å². The van der Waals surface area contributed by atoms with Gasteiger partial charge in [0.2, 0.25) is 5.91 Å². The van der Waals surface area contributed by atoms with Gasteiger partial charge in [0.05, 0.1) is 24.7 Å². The van der Waals surface area contributed by atoms with Gasteiger partial charge in [-0.25, -0.2) is 4.39 Å². The number of hydrogen-bond donors (Lipinski definition) is 2. The third-order valence-electron chi connectivity index (χ3n) is 9.82. The molecule has 4 aliphatic carbocycles. The second-order valence-corrected chi connectivity index (χ2v) is 13.2. The summed E-state index contributed by atoms with van der Waals surface area (Å²) in [5.41, 5.74) is 0.623. The maximum atomic E-state index is 15.0. The van der Waals surface area contributed by atoms with E-state index in [4.69, 9.17) is 9.47 Å². The molecular weight excluding hydrogens is 471 g/mol. The van der Waals surface area contributed by atoms with Gasteiger partial charge in [-0.05, 0) is 86.5 Å². The highest BCUT2D eigenvalue weighted by molar-refractivity contribution is 5.98. The monoisotopic (exact) mass is 514 g/mol. The number of carbonyl (C=O) groups excluding carboxylic acids is 2. The van der Waals surface area contributed by atoms with Crippen LogP contribution in [0, 0.1) is 34.4 Å². The van der Waals surface area contributed by atoms with Crippen molar-refractivity contribution in [2.75, 3.05) is 13.7 Å². The van der Waals surface area contributed by atoms with E-state index in [0.717, 1.165) is 57.8 Å². The number of halogens is 1. The van der Waals surface area contributed by atoms with Gasteiger partial charge in [0.15, 0.2) is 11.6 Å². The number of benzene rings is 1. The number of rotatable bonds is 8. The zero-order valence-corrected chi connectivity index (χ0v) is 22.8. The Labute approximate surface area is 220 Å². The predicted molar refractivity (Wildman–Crippen MR) is 140 cm³/mol. The van der Waals surface area contributed by atoms with E-state index in [1.165, 1.54) is 19.6 Å². The Morgan fingerprint density at radius 2 is 1.73 bits per heavy atom. The molecule has 4 fully saturated rings. The first-order valence-electron chi connectivity index (χ1n) is 14.2. The molecule has 2 bridgehead atoms. The van der Waals surface area contributed by atoms with Crippen LogP contribution in [0.25, 0.3) is 0 Å². The fraction of sp³-hybridized carbons (Fsp3) is 0.733.